The number of unbranched alkanes of at least 4 members (excludes halogenated alkanes) is 1. The van der Waals surface area contributed by atoms with Gasteiger partial charge in [0.2, 0.25) is 0 Å². The fraction of sp³-hybridized carbons (Fsp3) is 0.519. The molecule has 188 valence electrons. The van der Waals surface area contributed by atoms with E-state index in [1.54, 1.807) is 27.9 Å². The number of alkyl carbamates (subject to hydrolysis) is 1. The highest BCUT2D eigenvalue weighted by molar-refractivity contribution is 5.68. The number of methoxy groups -OCH3 is 1. The fourth-order valence-electron chi connectivity index (χ4n) is 3.42. The van der Waals surface area contributed by atoms with Crippen LogP contribution in [0.1, 0.15) is 51.2 Å². The van der Waals surface area contributed by atoms with Crippen LogP contribution in [0, 0.1) is 0 Å². The number of aryl methyl sites for hydroxylation is 2. The lowest BCUT2D eigenvalue weighted by molar-refractivity contribution is 0.0276. The zero-order valence-corrected chi connectivity index (χ0v) is 20.8. The van der Waals surface area contributed by atoms with Crippen molar-refractivity contribution in [2.45, 2.75) is 64.0 Å². The minimum atomic E-state index is -1.15. The molecule has 0 aliphatic heterocycles. The van der Waals surface area contributed by atoms with Crippen LogP contribution in [0.25, 0.3) is 0 Å². The van der Waals surface area contributed by atoms with Crippen LogP contribution in [0.5, 0.6) is 11.5 Å². The summed E-state index contributed by atoms with van der Waals surface area (Å²) in [5, 5.41) is 22.3. The largest absolute Gasteiger partial charge is 0.497 e. The summed E-state index contributed by atoms with van der Waals surface area (Å²) in [4.78, 5) is 12.1. The highest BCUT2D eigenvalue weighted by atomic mass is 16.6. The van der Waals surface area contributed by atoms with Crippen LogP contribution in [0.2, 0.25) is 0 Å². The van der Waals surface area contributed by atoms with Crippen LogP contribution in [-0.2, 0) is 17.6 Å². The van der Waals surface area contributed by atoms with Gasteiger partial charge in [0.15, 0.2) is 0 Å². The lowest BCUT2D eigenvalue weighted by atomic mass is 9.93. The molecule has 0 bridgehead atoms. The van der Waals surface area contributed by atoms with Gasteiger partial charge in [0.1, 0.15) is 17.1 Å². The van der Waals surface area contributed by atoms with Crippen molar-refractivity contribution in [3.63, 3.8) is 0 Å². The van der Waals surface area contributed by atoms with Crippen molar-refractivity contribution >= 4 is 6.09 Å². The molecule has 0 aromatic heterocycles. The number of rotatable bonds is 13. The number of hydrogen-bond acceptors (Lipinski definition) is 6. The van der Waals surface area contributed by atoms with Crippen molar-refractivity contribution in [3.8, 4) is 11.5 Å². The number of benzene rings is 2. The SMILES string of the molecule is COc1ccc(CCCCOc2ccc(CCC(CO)(CO)NC(=O)OC(C)(C)C)cc2)cc1. The van der Waals surface area contributed by atoms with E-state index in [9.17, 15) is 15.0 Å². The number of hydrogen-bond donors (Lipinski definition) is 3. The van der Waals surface area contributed by atoms with Gasteiger partial charge in [0.05, 0.1) is 32.5 Å². The number of nitrogens with one attached hydrogen (secondary N) is 1. The second-order valence-electron chi connectivity index (χ2n) is 9.52. The molecule has 1 amide bonds. The van der Waals surface area contributed by atoms with E-state index >= 15 is 0 Å². The molecule has 7 heteroatoms. The lowest BCUT2D eigenvalue weighted by Gasteiger charge is -2.32. The standard InChI is InChI=1S/C27H39NO6/c1-26(2,3)34-25(31)28-27(19-29,20-30)17-16-22-10-14-24(15-11-22)33-18-6-5-7-21-8-12-23(32-4)13-9-21/h8-15,29-30H,5-7,16-20H2,1-4H3,(H,28,31). The Balaban J connectivity index is 1.75. The van der Waals surface area contributed by atoms with Gasteiger partial charge < -0.3 is 29.7 Å². The summed E-state index contributed by atoms with van der Waals surface area (Å²) >= 11 is 0. The monoisotopic (exact) mass is 473 g/mol. The van der Waals surface area contributed by atoms with Crippen molar-refractivity contribution in [3.05, 3.63) is 59.7 Å². The molecular formula is C27H39NO6. The molecule has 0 saturated carbocycles. The number of carbonyl (C=O) groups is 1. The number of aliphatic hydroxyl groups excluding tert-OH is 2. The van der Waals surface area contributed by atoms with E-state index < -0.39 is 17.2 Å². The molecule has 2 aromatic carbocycles. The number of amides is 1. The molecule has 34 heavy (non-hydrogen) atoms. The summed E-state index contributed by atoms with van der Waals surface area (Å²) in [6.45, 7) is 5.15. The highest BCUT2D eigenvalue weighted by Gasteiger charge is 2.32. The fourth-order valence-corrected chi connectivity index (χ4v) is 3.42. The van der Waals surface area contributed by atoms with Crippen LogP contribution in [0.4, 0.5) is 4.79 Å². The highest BCUT2D eigenvalue weighted by Crippen LogP contribution is 2.19. The third-order valence-corrected chi connectivity index (χ3v) is 5.47. The van der Waals surface area contributed by atoms with E-state index in [4.69, 9.17) is 14.2 Å². The van der Waals surface area contributed by atoms with Gasteiger partial charge in [-0.25, -0.2) is 4.79 Å². The Morgan fingerprint density at radius 3 is 1.94 bits per heavy atom. The number of carbonyl (C=O) groups excluding carboxylic acids is 1. The molecule has 2 aromatic rings. The Kier molecular flexibility index (Phi) is 10.7. The molecular weight excluding hydrogens is 434 g/mol. The minimum Gasteiger partial charge on any atom is -0.497 e. The van der Waals surface area contributed by atoms with Crippen LogP contribution < -0.4 is 14.8 Å². The van der Waals surface area contributed by atoms with Gasteiger partial charge in [0.25, 0.3) is 0 Å². The summed E-state index contributed by atoms with van der Waals surface area (Å²) in [7, 11) is 1.67. The molecule has 0 heterocycles. The molecule has 2 rings (SSSR count). The first-order valence-electron chi connectivity index (χ1n) is 11.8. The van der Waals surface area contributed by atoms with Crippen molar-refractivity contribution < 1.29 is 29.2 Å². The van der Waals surface area contributed by atoms with Gasteiger partial charge >= 0.3 is 6.09 Å². The van der Waals surface area contributed by atoms with Crippen molar-refractivity contribution in [1.29, 1.82) is 0 Å². The summed E-state index contributed by atoms with van der Waals surface area (Å²) < 4.78 is 16.3. The van der Waals surface area contributed by atoms with Gasteiger partial charge in [0, 0.05) is 0 Å². The Hall–Kier alpha value is -2.77. The first kappa shape index (κ1) is 27.5. The summed E-state index contributed by atoms with van der Waals surface area (Å²) in [6.07, 6.45) is 3.27. The van der Waals surface area contributed by atoms with E-state index in [0.29, 0.717) is 19.4 Å². The quantitative estimate of drug-likeness (QED) is 0.376. The molecule has 0 saturated heterocycles. The molecule has 0 aliphatic rings. The third-order valence-electron chi connectivity index (χ3n) is 5.47. The normalized spacial score (nSPS) is 11.7. The zero-order chi connectivity index (χ0) is 25.0. The Bertz CT molecular complexity index is 854. The van der Waals surface area contributed by atoms with Crippen LogP contribution in [0.15, 0.2) is 48.5 Å². The Labute approximate surface area is 203 Å². The maximum Gasteiger partial charge on any atom is 0.408 e. The summed E-state index contributed by atoms with van der Waals surface area (Å²) in [5.74, 6) is 1.67. The van der Waals surface area contributed by atoms with Gasteiger partial charge in [-0.1, -0.05) is 24.3 Å². The molecule has 0 fully saturated rings. The molecule has 3 N–H and O–H groups in total. The second kappa shape index (κ2) is 13.2. The third kappa shape index (κ3) is 9.61. The molecule has 0 unspecified atom stereocenters. The first-order chi connectivity index (χ1) is 16.2. The van der Waals surface area contributed by atoms with Gasteiger partial charge in [-0.3, -0.25) is 0 Å². The Morgan fingerprint density at radius 2 is 1.41 bits per heavy atom. The van der Waals surface area contributed by atoms with Crippen LogP contribution in [-0.4, -0.2) is 54.4 Å². The predicted molar refractivity (Wildman–Crippen MR) is 132 cm³/mol. The maximum atomic E-state index is 12.1. The average Bonchev–Trinajstić information content (AvgIpc) is 2.81. The molecule has 0 radical (unpaired) electrons. The zero-order valence-electron chi connectivity index (χ0n) is 20.8. The van der Waals surface area contributed by atoms with E-state index in [1.807, 2.05) is 36.4 Å². The Morgan fingerprint density at radius 1 is 0.853 bits per heavy atom. The first-order valence-corrected chi connectivity index (χ1v) is 11.8. The average molecular weight is 474 g/mol. The number of aliphatic hydroxyl groups is 2. The van der Waals surface area contributed by atoms with Crippen LogP contribution >= 0.6 is 0 Å². The van der Waals surface area contributed by atoms with E-state index in [2.05, 4.69) is 17.4 Å². The smallest absolute Gasteiger partial charge is 0.408 e. The van der Waals surface area contributed by atoms with Crippen molar-refractivity contribution in [1.82, 2.24) is 5.32 Å². The van der Waals surface area contributed by atoms with Crippen LogP contribution in [0.3, 0.4) is 0 Å². The summed E-state index contributed by atoms with van der Waals surface area (Å²) in [5.41, 5.74) is 0.491. The van der Waals surface area contributed by atoms with E-state index in [0.717, 1.165) is 36.3 Å². The molecule has 0 aliphatic carbocycles. The van der Waals surface area contributed by atoms with Gasteiger partial charge in [-0.15, -0.1) is 0 Å². The topological polar surface area (TPSA) is 97.3 Å². The molecule has 0 spiro atoms. The van der Waals surface area contributed by atoms with Gasteiger partial charge in [-0.2, -0.15) is 0 Å². The predicted octanol–water partition coefficient (Wildman–Crippen LogP) is 4.28. The summed E-state index contributed by atoms with van der Waals surface area (Å²) in [6, 6.07) is 15.9. The molecule has 7 nitrogen and oxygen atoms in total. The van der Waals surface area contributed by atoms with Crippen molar-refractivity contribution in [2.75, 3.05) is 26.9 Å². The second-order valence-corrected chi connectivity index (χ2v) is 9.52. The van der Waals surface area contributed by atoms with E-state index in [-0.39, 0.29) is 13.2 Å². The van der Waals surface area contributed by atoms with E-state index in [1.165, 1.54) is 5.56 Å². The number of ether oxygens (including phenoxy) is 3. The van der Waals surface area contributed by atoms with Crippen molar-refractivity contribution in [2.24, 2.45) is 0 Å². The van der Waals surface area contributed by atoms with Gasteiger partial charge in [-0.05, 0) is 88.3 Å². The maximum absolute atomic E-state index is 12.1. The lowest BCUT2D eigenvalue weighted by Crippen LogP contribution is -2.55. The minimum absolute atomic E-state index is 0.366. The molecule has 0 atom stereocenters.